The predicted molar refractivity (Wildman–Crippen MR) is 140 cm³/mol. The molecule has 1 atom stereocenters. The molecule has 7 heteroatoms. The lowest BCUT2D eigenvalue weighted by Gasteiger charge is -2.22. The van der Waals surface area contributed by atoms with Gasteiger partial charge in [-0.2, -0.15) is 0 Å². The van der Waals surface area contributed by atoms with Crippen LogP contribution in [0.25, 0.3) is 0 Å². The van der Waals surface area contributed by atoms with Crippen LogP contribution in [0.3, 0.4) is 0 Å². The van der Waals surface area contributed by atoms with Crippen LogP contribution in [-0.4, -0.2) is 58.7 Å². The molecule has 0 bridgehead atoms. The van der Waals surface area contributed by atoms with Crippen LogP contribution < -0.4 is 16.0 Å². The molecule has 1 heterocycles. The molecule has 1 aromatic carbocycles. The van der Waals surface area contributed by atoms with Crippen LogP contribution in [-0.2, 0) is 4.74 Å². The lowest BCUT2D eigenvalue weighted by atomic mass is 9.84. The number of nitrogens with zero attached hydrogens (tertiary/aromatic N) is 3. The Bertz CT molecular complexity index is 894. The van der Waals surface area contributed by atoms with Gasteiger partial charge in [0.2, 0.25) is 0 Å². The van der Waals surface area contributed by atoms with Crippen LogP contribution >= 0.6 is 0 Å². The van der Waals surface area contributed by atoms with E-state index < -0.39 is 0 Å². The normalized spacial score (nSPS) is 20.3. The number of ether oxygens (including phenoxy) is 1. The number of benzene rings is 1. The number of rotatable bonds is 11. The molecule has 0 saturated heterocycles. The highest BCUT2D eigenvalue weighted by Crippen LogP contribution is 2.33. The fraction of sp³-hybridized carbons (Fsp3) is 0.500. The van der Waals surface area contributed by atoms with E-state index in [4.69, 9.17) is 9.73 Å². The Balaban J connectivity index is 1.77. The number of nitrogens with one attached hydrogen (secondary N) is 3. The summed E-state index contributed by atoms with van der Waals surface area (Å²) in [6, 6.07) is 8.71. The quantitative estimate of drug-likeness (QED) is 0.347. The molecule has 3 N–H and O–H groups in total. The van der Waals surface area contributed by atoms with Crippen molar-refractivity contribution >= 4 is 24.5 Å². The molecule has 0 amide bonds. The Hall–Kier alpha value is -2.77. The van der Waals surface area contributed by atoms with Crippen LogP contribution in [0.2, 0.25) is 0 Å². The van der Waals surface area contributed by atoms with Crippen LogP contribution in [0.4, 0.5) is 5.69 Å². The van der Waals surface area contributed by atoms with Crippen LogP contribution in [0.15, 0.2) is 62.4 Å². The van der Waals surface area contributed by atoms with E-state index in [2.05, 4.69) is 56.9 Å². The maximum absolute atomic E-state index is 5.78. The second-order valence-corrected chi connectivity index (χ2v) is 8.56. The smallest absolute Gasteiger partial charge is 0.158 e. The number of hydrogen-bond acceptors (Lipinski definition) is 6. The Morgan fingerprint density at radius 2 is 1.94 bits per heavy atom. The summed E-state index contributed by atoms with van der Waals surface area (Å²) in [6.07, 6.45) is 10.4. The largest absolute Gasteiger partial charge is 0.387 e. The monoisotopic (exact) mass is 450 g/mol. The van der Waals surface area contributed by atoms with Crippen molar-refractivity contribution in [1.29, 1.82) is 0 Å². The van der Waals surface area contributed by atoms with Crippen molar-refractivity contribution in [3.8, 4) is 0 Å². The van der Waals surface area contributed by atoms with Gasteiger partial charge in [-0.05, 0) is 63.2 Å². The van der Waals surface area contributed by atoms with Gasteiger partial charge < -0.3 is 20.7 Å². The van der Waals surface area contributed by atoms with Gasteiger partial charge in [0.25, 0.3) is 0 Å². The molecule has 1 aromatic rings. The topological polar surface area (TPSA) is 82.4 Å². The number of likely N-dealkylation sites (N-methyl/N-ethyl adjacent to an activating group) is 1. The van der Waals surface area contributed by atoms with E-state index in [1.807, 2.05) is 27.1 Å². The Morgan fingerprint density at radius 1 is 1.18 bits per heavy atom. The predicted octanol–water partition coefficient (Wildman–Crippen LogP) is 4.27. The Morgan fingerprint density at radius 3 is 2.61 bits per heavy atom. The molecule has 33 heavy (non-hydrogen) atoms. The van der Waals surface area contributed by atoms with Gasteiger partial charge in [-0.3, -0.25) is 4.99 Å². The molecule has 3 rings (SSSR count). The van der Waals surface area contributed by atoms with Crippen molar-refractivity contribution in [2.45, 2.75) is 51.0 Å². The highest BCUT2D eigenvalue weighted by Gasteiger charge is 2.17. The fourth-order valence-corrected chi connectivity index (χ4v) is 4.13. The Labute approximate surface area is 198 Å². The summed E-state index contributed by atoms with van der Waals surface area (Å²) in [7, 11) is 3.78. The summed E-state index contributed by atoms with van der Waals surface area (Å²) in [5, 5.41) is 9.64. The third-order valence-corrected chi connectivity index (χ3v) is 6.07. The van der Waals surface area contributed by atoms with Crippen LogP contribution in [0.5, 0.6) is 0 Å². The molecular weight excluding hydrogens is 412 g/mol. The number of amidine groups is 1. The average Bonchev–Trinajstić information content (AvgIpc) is 2.87. The van der Waals surface area contributed by atoms with Gasteiger partial charge >= 0.3 is 0 Å². The van der Waals surface area contributed by atoms with Crippen molar-refractivity contribution in [2.75, 3.05) is 39.1 Å². The van der Waals surface area contributed by atoms with Crippen molar-refractivity contribution in [2.24, 2.45) is 15.0 Å². The molecule has 0 radical (unpaired) electrons. The molecule has 0 spiro atoms. The molecule has 1 saturated carbocycles. The zero-order valence-electron chi connectivity index (χ0n) is 20.2. The van der Waals surface area contributed by atoms with Crippen molar-refractivity contribution in [3.05, 3.63) is 53.0 Å². The second kappa shape index (κ2) is 13.1. The highest BCUT2D eigenvalue weighted by atomic mass is 16.5. The molecule has 178 valence electrons. The maximum Gasteiger partial charge on any atom is 0.158 e. The first kappa shape index (κ1) is 24.9. The summed E-state index contributed by atoms with van der Waals surface area (Å²) in [6.45, 7) is 7.79. The minimum Gasteiger partial charge on any atom is -0.387 e. The molecule has 1 aliphatic heterocycles. The van der Waals surface area contributed by atoms with E-state index in [1.165, 1.54) is 37.7 Å². The number of dihydropyridines is 1. The minimum atomic E-state index is -0.00240. The summed E-state index contributed by atoms with van der Waals surface area (Å²) in [5.74, 6) is 1.94. The molecule has 1 unspecified atom stereocenters. The van der Waals surface area contributed by atoms with Gasteiger partial charge in [-0.1, -0.05) is 31.4 Å². The first-order valence-corrected chi connectivity index (χ1v) is 12.0. The Kier molecular flexibility index (Phi) is 9.84. The molecule has 7 nitrogen and oxygen atoms in total. The molecule has 0 aromatic heterocycles. The lowest BCUT2D eigenvalue weighted by molar-refractivity contribution is 0.0752. The standard InChI is InChI=1S/C26H38N6O/c1-19(33-15-14-27-2)17-30-26-24(16-23(28-3)18-31-26)25(29-4)32-22-12-10-21(11-13-22)20-8-6-5-7-9-20/h10-13,16,18-20,27-28,32H,4-9,14-15,17H2,1-3H3/b25-24+,30-26+. The lowest BCUT2D eigenvalue weighted by Crippen LogP contribution is -2.22. The number of anilines is 1. The first-order chi connectivity index (χ1) is 16.1. The fourth-order valence-electron chi connectivity index (χ4n) is 4.13. The zero-order valence-corrected chi connectivity index (χ0v) is 20.2. The van der Waals surface area contributed by atoms with Crippen molar-refractivity contribution in [3.63, 3.8) is 0 Å². The maximum atomic E-state index is 5.78. The van der Waals surface area contributed by atoms with Crippen molar-refractivity contribution < 1.29 is 4.74 Å². The van der Waals surface area contributed by atoms with Gasteiger partial charge in [0, 0.05) is 19.3 Å². The van der Waals surface area contributed by atoms with E-state index in [1.54, 1.807) is 6.21 Å². The number of allylic oxidation sites excluding steroid dienone is 1. The van der Waals surface area contributed by atoms with Gasteiger partial charge in [0.1, 0.15) is 5.82 Å². The van der Waals surface area contributed by atoms with Crippen molar-refractivity contribution in [1.82, 2.24) is 10.6 Å². The molecule has 2 aliphatic rings. The van der Waals surface area contributed by atoms with E-state index in [-0.39, 0.29) is 6.10 Å². The summed E-state index contributed by atoms with van der Waals surface area (Å²) in [5.41, 5.74) is 4.09. The number of aliphatic imine (C=N–C) groups is 3. The van der Waals surface area contributed by atoms with E-state index >= 15 is 0 Å². The highest BCUT2D eigenvalue weighted by molar-refractivity contribution is 6.10. The van der Waals surface area contributed by atoms with Gasteiger partial charge in [0.05, 0.1) is 36.7 Å². The second-order valence-electron chi connectivity index (χ2n) is 8.56. The third-order valence-electron chi connectivity index (χ3n) is 6.07. The summed E-state index contributed by atoms with van der Waals surface area (Å²) >= 11 is 0. The van der Waals surface area contributed by atoms with E-state index in [0.29, 0.717) is 30.7 Å². The van der Waals surface area contributed by atoms with Gasteiger partial charge in [0.15, 0.2) is 5.84 Å². The third kappa shape index (κ3) is 7.37. The number of hydrogen-bond donors (Lipinski definition) is 3. The average molecular weight is 451 g/mol. The van der Waals surface area contributed by atoms with Crippen LogP contribution in [0, 0.1) is 0 Å². The van der Waals surface area contributed by atoms with Gasteiger partial charge in [-0.25, -0.2) is 9.98 Å². The van der Waals surface area contributed by atoms with Crippen LogP contribution in [0.1, 0.15) is 50.5 Å². The minimum absolute atomic E-state index is 0.00240. The summed E-state index contributed by atoms with van der Waals surface area (Å²) < 4.78 is 5.78. The summed E-state index contributed by atoms with van der Waals surface area (Å²) in [4.78, 5) is 13.5. The van der Waals surface area contributed by atoms with E-state index in [0.717, 1.165) is 23.5 Å². The SMILES string of the molecule is C=N/C(Nc1ccc(C2CCCCC2)cc1)=C1/C=C(NC)C=N/C1=N/CC(C)OCCNC. The molecular formula is C26H38N6O. The zero-order chi connectivity index (χ0) is 23.5. The van der Waals surface area contributed by atoms with E-state index in [9.17, 15) is 0 Å². The molecule has 1 fully saturated rings. The molecule has 1 aliphatic carbocycles. The first-order valence-electron chi connectivity index (χ1n) is 12.0. The van der Waals surface area contributed by atoms with Gasteiger partial charge in [-0.15, -0.1) is 0 Å².